The summed E-state index contributed by atoms with van der Waals surface area (Å²) < 4.78 is 4.67. The first-order valence-corrected chi connectivity index (χ1v) is 7.47. The number of fused-ring (bicyclic) bond motifs is 1. The fourth-order valence-corrected chi connectivity index (χ4v) is 3.25. The van der Waals surface area contributed by atoms with Gasteiger partial charge in [0.15, 0.2) is 5.13 Å². The van der Waals surface area contributed by atoms with E-state index in [4.69, 9.17) is 0 Å². The van der Waals surface area contributed by atoms with Crippen LogP contribution in [0, 0.1) is 0 Å². The second-order valence-electron chi connectivity index (χ2n) is 4.81. The zero-order valence-electron chi connectivity index (χ0n) is 11.3. The molecule has 4 nitrogen and oxygen atoms in total. The molecule has 1 aliphatic rings. The molecule has 0 N–H and O–H groups in total. The second-order valence-corrected chi connectivity index (χ2v) is 5.65. The number of thiazole rings is 1. The molecule has 0 radical (unpaired) electrons. The van der Waals surface area contributed by atoms with Gasteiger partial charge < -0.3 is 9.64 Å². The topological polar surface area (TPSA) is 42.4 Å². The summed E-state index contributed by atoms with van der Waals surface area (Å²) >= 11 is 1.59. The number of methoxy groups -OCH3 is 1. The van der Waals surface area contributed by atoms with Crippen LogP contribution in [0.5, 0.6) is 0 Å². The SMILES string of the molecule is COC(=O)Cc1csc(N2CCc3ccccc3C2)n1. The van der Waals surface area contributed by atoms with E-state index >= 15 is 0 Å². The maximum absolute atomic E-state index is 11.3. The summed E-state index contributed by atoms with van der Waals surface area (Å²) in [4.78, 5) is 18.1. The van der Waals surface area contributed by atoms with Crippen molar-refractivity contribution in [3.8, 4) is 0 Å². The molecule has 2 aromatic rings. The molecule has 0 spiro atoms. The van der Waals surface area contributed by atoms with E-state index in [1.54, 1.807) is 11.3 Å². The number of rotatable bonds is 3. The van der Waals surface area contributed by atoms with Crippen molar-refractivity contribution in [2.24, 2.45) is 0 Å². The Hall–Kier alpha value is -1.88. The summed E-state index contributed by atoms with van der Waals surface area (Å²) in [6.45, 7) is 1.86. The monoisotopic (exact) mass is 288 g/mol. The largest absolute Gasteiger partial charge is 0.469 e. The Kier molecular flexibility index (Phi) is 3.69. The van der Waals surface area contributed by atoms with E-state index in [1.165, 1.54) is 18.2 Å². The molecule has 2 heterocycles. The summed E-state index contributed by atoms with van der Waals surface area (Å²) in [5.74, 6) is -0.245. The maximum atomic E-state index is 11.3. The van der Waals surface area contributed by atoms with Crippen LogP contribution in [0.25, 0.3) is 0 Å². The number of carbonyl (C=O) groups excluding carboxylic acids is 1. The summed E-state index contributed by atoms with van der Waals surface area (Å²) in [6.07, 6.45) is 1.29. The minimum absolute atomic E-state index is 0.245. The zero-order chi connectivity index (χ0) is 13.9. The van der Waals surface area contributed by atoms with Crippen LogP contribution in [0.15, 0.2) is 29.6 Å². The van der Waals surface area contributed by atoms with Crippen LogP contribution in [0.3, 0.4) is 0 Å². The highest BCUT2D eigenvalue weighted by Crippen LogP contribution is 2.27. The highest BCUT2D eigenvalue weighted by Gasteiger charge is 2.19. The first-order valence-electron chi connectivity index (χ1n) is 6.59. The fraction of sp³-hybridized carbons (Fsp3) is 0.333. The lowest BCUT2D eigenvalue weighted by molar-refractivity contribution is -0.139. The molecule has 1 aromatic heterocycles. The Balaban J connectivity index is 1.73. The van der Waals surface area contributed by atoms with Gasteiger partial charge in [-0.2, -0.15) is 0 Å². The summed E-state index contributed by atoms with van der Waals surface area (Å²) in [5, 5.41) is 2.92. The molecule has 0 bridgehead atoms. The molecule has 0 fully saturated rings. The van der Waals surface area contributed by atoms with Gasteiger partial charge in [-0.25, -0.2) is 4.98 Å². The van der Waals surface area contributed by atoms with Crippen LogP contribution in [-0.4, -0.2) is 24.6 Å². The van der Waals surface area contributed by atoms with Crippen LogP contribution in [-0.2, 0) is 28.9 Å². The molecular weight excluding hydrogens is 272 g/mol. The molecule has 0 saturated carbocycles. The van der Waals surface area contributed by atoms with E-state index in [9.17, 15) is 4.79 Å². The Morgan fingerprint density at radius 3 is 3.00 bits per heavy atom. The number of ether oxygens (including phenoxy) is 1. The number of anilines is 1. The van der Waals surface area contributed by atoms with E-state index in [-0.39, 0.29) is 12.4 Å². The van der Waals surface area contributed by atoms with Gasteiger partial charge in [0, 0.05) is 18.5 Å². The third-order valence-corrected chi connectivity index (χ3v) is 4.44. The average molecular weight is 288 g/mol. The Bertz CT molecular complexity index is 624. The lowest BCUT2D eigenvalue weighted by atomic mass is 10.0. The number of hydrogen-bond donors (Lipinski definition) is 0. The Morgan fingerprint density at radius 2 is 2.20 bits per heavy atom. The molecule has 0 amide bonds. The predicted molar refractivity (Wildman–Crippen MR) is 79.0 cm³/mol. The minimum Gasteiger partial charge on any atom is -0.469 e. The first kappa shape index (κ1) is 13.1. The quantitative estimate of drug-likeness (QED) is 0.814. The van der Waals surface area contributed by atoms with Gasteiger partial charge in [0.2, 0.25) is 0 Å². The summed E-state index contributed by atoms with van der Waals surface area (Å²) in [7, 11) is 1.40. The lowest BCUT2D eigenvalue weighted by Crippen LogP contribution is -2.30. The molecule has 3 rings (SSSR count). The molecule has 1 aromatic carbocycles. The van der Waals surface area contributed by atoms with Crippen LogP contribution in [0.2, 0.25) is 0 Å². The van der Waals surface area contributed by atoms with Crippen molar-refractivity contribution in [2.45, 2.75) is 19.4 Å². The van der Waals surface area contributed by atoms with E-state index in [1.807, 2.05) is 5.38 Å². The van der Waals surface area contributed by atoms with Gasteiger partial charge in [-0.05, 0) is 17.5 Å². The second kappa shape index (κ2) is 5.63. The van der Waals surface area contributed by atoms with Crippen molar-refractivity contribution in [3.05, 3.63) is 46.5 Å². The minimum atomic E-state index is -0.245. The number of benzene rings is 1. The van der Waals surface area contributed by atoms with Crippen molar-refractivity contribution < 1.29 is 9.53 Å². The number of carbonyl (C=O) groups is 1. The van der Waals surface area contributed by atoms with E-state index in [2.05, 4.69) is 38.9 Å². The standard InChI is InChI=1S/C15H16N2O2S/c1-19-14(18)8-13-10-20-15(16-13)17-7-6-11-4-2-3-5-12(11)9-17/h2-5,10H,6-9H2,1H3. The third-order valence-electron chi connectivity index (χ3n) is 3.49. The maximum Gasteiger partial charge on any atom is 0.311 e. The molecule has 1 aliphatic heterocycles. The van der Waals surface area contributed by atoms with E-state index < -0.39 is 0 Å². The van der Waals surface area contributed by atoms with Crippen molar-refractivity contribution in [2.75, 3.05) is 18.6 Å². The van der Waals surface area contributed by atoms with Gasteiger partial charge in [-0.15, -0.1) is 11.3 Å². The molecule has 5 heteroatoms. The first-order chi connectivity index (χ1) is 9.76. The number of esters is 1. The van der Waals surface area contributed by atoms with Crippen molar-refractivity contribution in [3.63, 3.8) is 0 Å². The highest BCUT2D eigenvalue weighted by molar-refractivity contribution is 7.13. The molecule has 0 unspecified atom stereocenters. The average Bonchev–Trinajstić information content (AvgIpc) is 2.95. The molecule has 0 saturated heterocycles. The van der Waals surface area contributed by atoms with E-state index in [0.717, 1.165) is 30.3 Å². The molecule has 0 atom stereocenters. The molecular formula is C15H16N2O2S. The summed E-state index contributed by atoms with van der Waals surface area (Å²) in [5.41, 5.74) is 3.58. The van der Waals surface area contributed by atoms with Gasteiger partial charge in [-0.3, -0.25) is 4.79 Å². The normalized spacial score (nSPS) is 13.9. The number of nitrogens with zero attached hydrogens (tertiary/aromatic N) is 2. The van der Waals surface area contributed by atoms with Crippen LogP contribution in [0.1, 0.15) is 16.8 Å². The molecule has 104 valence electrons. The number of aromatic nitrogens is 1. The predicted octanol–water partition coefficient (Wildman–Crippen LogP) is 2.42. The van der Waals surface area contributed by atoms with E-state index in [0.29, 0.717) is 0 Å². The van der Waals surface area contributed by atoms with Gasteiger partial charge in [0.05, 0.1) is 19.2 Å². The van der Waals surface area contributed by atoms with Gasteiger partial charge >= 0.3 is 5.97 Å². The highest BCUT2D eigenvalue weighted by atomic mass is 32.1. The fourth-order valence-electron chi connectivity index (χ4n) is 2.40. The smallest absolute Gasteiger partial charge is 0.311 e. The van der Waals surface area contributed by atoms with Gasteiger partial charge in [-0.1, -0.05) is 24.3 Å². The zero-order valence-corrected chi connectivity index (χ0v) is 12.2. The van der Waals surface area contributed by atoms with Gasteiger partial charge in [0.1, 0.15) is 0 Å². The van der Waals surface area contributed by atoms with Crippen LogP contribution in [0.4, 0.5) is 5.13 Å². The third kappa shape index (κ3) is 2.67. The Labute approximate surface area is 122 Å². The van der Waals surface area contributed by atoms with Crippen molar-refractivity contribution >= 4 is 22.4 Å². The lowest BCUT2D eigenvalue weighted by Gasteiger charge is -2.28. The van der Waals surface area contributed by atoms with Gasteiger partial charge in [0.25, 0.3) is 0 Å². The van der Waals surface area contributed by atoms with Crippen molar-refractivity contribution in [1.29, 1.82) is 0 Å². The summed E-state index contributed by atoms with van der Waals surface area (Å²) in [6, 6.07) is 8.53. The molecule has 20 heavy (non-hydrogen) atoms. The Morgan fingerprint density at radius 1 is 1.40 bits per heavy atom. The van der Waals surface area contributed by atoms with Crippen LogP contribution >= 0.6 is 11.3 Å². The molecule has 0 aliphatic carbocycles. The van der Waals surface area contributed by atoms with Crippen LogP contribution < -0.4 is 4.90 Å². The number of hydrogen-bond acceptors (Lipinski definition) is 5. The van der Waals surface area contributed by atoms with Crippen molar-refractivity contribution in [1.82, 2.24) is 4.98 Å².